The molecule has 2 atom stereocenters. The molecule has 7 heteroatoms. The molecule has 16 heavy (non-hydrogen) atoms. The summed E-state index contributed by atoms with van der Waals surface area (Å²) < 4.78 is 36.3. The Labute approximate surface area is 97.0 Å². The maximum Gasteiger partial charge on any atom is 0.261 e. The Bertz CT molecular complexity index is 457. The first-order chi connectivity index (χ1) is 7.54. The summed E-state index contributed by atoms with van der Waals surface area (Å²) in [5, 5.41) is 2.93. The second kappa shape index (κ2) is 4.47. The van der Waals surface area contributed by atoms with Crippen molar-refractivity contribution in [3.63, 3.8) is 0 Å². The molecule has 1 N–H and O–H groups in total. The molecule has 88 valence electrons. The first-order valence-corrected chi connectivity index (χ1v) is 7.22. The minimum atomic E-state index is -2.43. The van der Waals surface area contributed by atoms with Crippen LogP contribution < -0.4 is 5.09 Å². The third kappa shape index (κ3) is 2.31. The fourth-order valence-corrected chi connectivity index (χ4v) is 3.18. The van der Waals surface area contributed by atoms with E-state index in [9.17, 15) is 8.78 Å². The van der Waals surface area contributed by atoms with E-state index in [4.69, 9.17) is 20.9 Å². The Balaban J connectivity index is 2.21. The summed E-state index contributed by atoms with van der Waals surface area (Å²) in [5.41, 5.74) is 0.551. The van der Waals surface area contributed by atoms with E-state index < -0.39 is 18.3 Å². The van der Waals surface area contributed by atoms with Crippen molar-refractivity contribution < 1.29 is 17.8 Å². The number of benzene rings is 1. The molecule has 1 aliphatic rings. The summed E-state index contributed by atoms with van der Waals surface area (Å²) >= 11 is 5.09. The van der Waals surface area contributed by atoms with E-state index in [0.717, 1.165) is 12.1 Å². The smallest absolute Gasteiger partial charge is 0.261 e. The first-order valence-electron chi connectivity index (χ1n) is 4.58. The van der Waals surface area contributed by atoms with Gasteiger partial charge in [0.05, 0.1) is 0 Å². The quantitative estimate of drug-likeness (QED) is 0.832. The normalized spacial score (nSPS) is 29.6. The molecule has 0 saturated carbocycles. The van der Waals surface area contributed by atoms with Crippen LogP contribution in [0.3, 0.4) is 0 Å². The monoisotopic (exact) mass is 265 g/mol. The average Bonchev–Trinajstić information content (AvgIpc) is 2.66. The van der Waals surface area contributed by atoms with Gasteiger partial charge in [-0.25, -0.2) is 13.9 Å². The predicted octanol–water partition coefficient (Wildman–Crippen LogP) is 2.50. The van der Waals surface area contributed by atoms with Gasteiger partial charge in [-0.05, 0) is 29.5 Å². The lowest BCUT2D eigenvalue weighted by Crippen LogP contribution is -2.07. The van der Waals surface area contributed by atoms with Gasteiger partial charge in [0.2, 0.25) is 0 Å². The van der Waals surface area contributed by atoms with Crippen LogP contribution in [0.15, 0.2) is 18.2 Å². The summed E-state index contributed by atoms with van der Waals surface area (Å²) in [6, 6.07) is 3.66. The molecule has 1 heterocycles. The van der Waals surface area contributed by atoms with Gasteiger partial charge >= 0.3 is 0 Å². The molecule has 3 nitrogen and oxygen atoms in total. The van der Waals surface area contributed by atoms with Crippen molar-refractivity contribution in [1.82, 2.24) is 5.09 Å². The predicted molar refractivity (Wildman–Crippen MR) is 59.5 cm³/mol. The van der Waals surface area contributed by atoms with Crippen molar-refractivity contribution >= 4 is 18.4 Å². The summed E-state index contributed by atoms with van der Waals surface area (Å²) in [4.78, 5) is 0. The molecule has 1 aliphatic heterocycles. The topological polar surface area (TPSA) is 30.5 Å². The number of hydrogen-bond acceptors (Lipinski definition) is 3. The van der Waals surface area contributed by atoms with Gasteiger partial charge in [0, 0.05) is 13.7 Å². The Hall–Kier alpha value is -0.390. The highest BCUT2D eigenvalue weighted by Gasteiger charge is 2.32. The maximum atomic E-state index is 13.0. The molecule has 2 unspecified atom stereocenters. The van der Waals surface area contributed by atoms with Gasteiger partial charge < -0.3 is 9.05 Å². The fourth-order valence-electron chi connectivity index (χ4n) is 1.44. The zero-order valence-corrected chi connectivity index (χ0v) is 10.2. The van der Waals surface area contributed by atoms with Crippen LogP contribution in [0.4, 0.5) is 8.78 Å². The summed E-state index contributed by atoms with van der Waals surface area (Å²) in [6.45, 7) is -1.99. The van der Waals surface area contributed by atoms with E-state index in [1.807, 2.05) is 0 Å². The number of halogens is 2. The lowest BCUT2D eigenvalue weighted by atomic mass is 10.1. The van der Waals surface area contributed by atoms with Crippen molar-refractivity contribution in [1.29, 1.82) is 0 Å². The summed E-state index contributed by atoms with van der Waals surface area (Å²) in [5.74, 6) is -1.76. The van der Waals surface area contributed by atoms with Gasteiger partial charge in [0.15, 0.2) is 11.6 Å². The van der Waals surface area contributed by atoms with Crippen molar-refractivity contribution in [2.75, 3.05) is 13.7 Å². The van der Waals surface area contributed by atoms with Crippen LogP contribution in [0.1, 0.15) is 11.7 Å². The first kappa shape index (κ1) is 12.1. The Kier molecular flexibility index (Phi) is 3.37. The molecule has 1 saturated heterocycles. The largest absolute Gasteiger partial charge is 0.321 e. The second-order valence-corrected chi connectivity index (χ2v) is 6.64. The van der Waals surface area contributed by atoms with Crippen LogP contribution in [0.5, 0.6) is 0 Å². The third-order valence-corrected chi connectivity index (χ3v) is 4.97. The van der Waals surface area contributed by atoms with Gasteiger partial charge in [-0.2, -0.15) is 0 Å². The molecule has 2 rings (SSSR count). The Morgan fingerprint density at radius 2 is 2.25 bits per heavy atom. The molecular weight excluding hydrogens is 255 g/mol. The van der Waals surface area contributed by atoms with Crippen LogP contribution >= 0.6 is 6.64 Å². The minimum Gasteiger partial charge on any atom is -0.321 e. The average molecular weight is 265 g/mol. The van der Waals surface area contributed by atoms with Gasteiger partial charge in [-0.1, -0.05) is 6.07 Å². The molecule has 0 spiro atoms. The van der Waals surface area contributed by atoms with Crippen LogP contribution in [-0.4, -0.2) is 13.7 Å². The van der Waals surface area contributed by atoms with Crippen molar-refractivity contribution in [3.8, 4) is 0 Å². The van der Waals surface area contributed by atoms with Crippen molar-refractivity contribution in [2.24, 2.45) is 0 Å². The van der Waals surface area contributed by atoms with Gasteiger partial charge in [-0.3, -0.25) is 0 Å². The van der Waals surface area contributed by atoms with Gasteiger partial charge in [0.25, 0.3) is 6.64 Å². The third-order valence-electron chi connectivity index (χ3n) is 2.29. The molecule has 0 bridgehead atoms. The van der Waals surface area contributed by atoms with E-state index in [1.165, 1.54) is 13.2 Å². The highest BCUT2D eigenvalue weighted by atomic mass is 32.5. The van der Waals surface area contributed by atoms with Crippen LogP contribution in [-0.2, 0) is 20.9 Å². The summed E-state index contributed by atoms with van der Waals surface area (Å²) in [6.07, 6.45) is -0.388. The Morgan fingerprint density at radius 3 is 2.81 bits per heavy atom. The molecule has 1 aromatic rings. The molecule has 1 aromatic carbocycles. The SMILES string of the molecule is COP1(=S)NCC(c2ccc(F)c(F)c2)O1. The highest BCUT2D eigenvalue weighted by molar-refractivity contribution is 8.09. The second-order valence-electron chi connectivity index (χ2n) is 3.31. The number of nitrogens with one attached hydrogen (secondary N) is 1. The Morgan fingerprint density at radius 1 is 1.50 bits per heavy atom. The van der Waals surface area contributed by atoms with Crippen molar-refractivity contribution in [2.45, 2.75) is 6.10 Å². The van der Waals surface area contributed by atoms with E-state index in [1.54, 1.807) is 0 Å². The van der Waals surface area contributed by atoms with E-state index >= 15 is 0 Å². The molecule has 0 aromatic heterocycles. The highest BCUT2D eigenvalue weighted by Crippen LogP contribution is 2.52. The van der Waals surface area contributed by atoms with E-state index in [-0.39, 0.29) is 6.10 Å². The number of hydrogen-bond donors (Lipinski definition) is 1. The van der Waals surface area contributed by atoms with E-state index in [2.05, 4.69) is 5.09 Å². The lowest BCUT2D eigenvalue weighted by molar-refractivity contribution is 0.233. The zero-order valence-electron chi connectivity index (χ0n) is 8.44. The van der Waals surface area contributed by atoms with Crippen molar-refractivity contribution in [3.05, 3.63) is 35.4 Å². The van der Waals surface area contributed by atoms with Crippen LogP contribution in [0, 0.1) is 11.6 Å². The summed E-state index contributed by atoms with van der Waals surface area (Å²) in [7, 11) is 1.46. The minimum absolute atomic E-state index is 0.388. The number of rotatable bonds is 2. The lowest BCUT2D eigenvalue weighted by Gasteiger charge is -2.13. The zero-order chi connectivity index (χ0) is 11.8. The molecular formula is C9H10F2NO2PS. The van der Waals surface area contributed by atoms with Crippen LogP contribution in [0.25, 0.3) is 0 Å². The standard InChI is InChI=1S/C9H10F2NO2PS/c1-13-15(16)12-5-9(14-15)6-2-3-7(10)8(11)4-6/h2-4,9H,5H2,1H3,(H,12,16). The van der Waals surface area contributed by atoms with E-state index in [0.29, 0.717) is 12.1 Å². The fraction of sp³-hybridized carbons (Fsp3) is 0.333. The maximum absolute atomic E-state index is 13.0. The van der Waals surface area contributed by atoms with Gasteiger partial charge in [0.1, 0.15) is 6.10 Å². The van der Waals surface area contributed by atoms with Gasteiger partial charge in [-0.15, -0.1) is 0 Å². The molecule has 0 radical (unpaired) electrons. The molecule has 1 fully saturated rings. The molecule has 0 amide bonds. The van der Waals surface area contributed by atoms with Crippen LogP contribution in [0.2, 0.25) is 0 Å². The molecule has 0 aliphatic carbocycles.